The van der Waals surface area contributed by atoms with Crippen molar-refractivity contribution < 1.29 is 9.53 Å². The van der Waals surface area contributed by atoms with Crippen LogP contribution in [-0.4, -0.2) is 25.0 Å². The summed E-state index contributed by atoms with van der Waals surface area (Å²) in [5.74, 6) is 0.997. The molecule has 0 aromatic heterocycles. The number of amides is 1. The fourth-order valence-electron chi connectivity index (χ4n) is 2.39. The maximum Gasteiger partial charge on any atom is 0.223 e. The summed E-state index contributed by atoms with van der Waals surface area (Å²) in [5.41, 5.74) is 2.30. The van der Waals surface area contributed by atoms with E-state index in [0.717, 1.165) is 23.3 Å². The molecule has 0 aliphatic rings. The van der Waals surface area contributed by atoms with Gasteiger partial charge >= 0.3 is 0 Å². The second kappa shape index (κ2) is 7.64. The average Bonchev–Trinajstić information content (AvgIpc) is 2.59. The molecule has 3 heteroatoms. The van der Waals surface area contributed by atoms with Crippen LogP contribution in [0.25, 0.3) is 0 Å². The van der Waals surface area contributed by atoms with Gasteiger partial charge in [-0.3, -0.25) is 4.79 Å². The highest BCUT2D eigenvalue weighted by Crippen LogP contribution is 2.19. The number of methoxy groups -OCH3 is 1. The molecule has 0 spiro atoms. The lowest BCUT2D eigenvalue weighted by Gasteiger charge is -2.25. The molecule has 0 N–H and O–H groups in total. The summed E-state index contributed by atoms with van der Waals surface area (Å²) in [5, 5.41) is 0. The maximum absolute atomic E-state index is 12.4. The molecule has 0 fully saturated rings. The Hall–Kier alpha value is -2.29. The molecule has 0 aliphatic heterocycles. The van der Waals surface area contributed by atoms with Gasteiger partial charge in [0.05, 0.1) is 13.2 Å². The molecule has 22 heavy (non-hydrogen) atoms. The van der Waals surface area contributed by atoms with Gasteiger partial charge in [-0.05, 0) is 36.6 Å². The van der Waals surface area contributed by atoms with Crippen molar-refractivity contribution in [1.29, 1.82) is 0 Å². The Bertz CT molecular complexity index is 593. The number of carbonyl (C=O) groups excluding carboxylic acids is 1. The normalized spacial score (nSPS) is 11.8. The smallest absolute Gasteiger partial charge is 0.223 e. The zero-order valence-electron chi connectivity index (χ0n) is 13.5. The standard InChI is InChI=1S/C19H23NO2/c1-15(17-7-5-4-6-8-17)20(2)19(21)14-11-16-9-12-18(22-3)13-10-16/h4-10,12-13,15H,11,14H2,1-3H3. The largest absolute Gasteiger partial charge is 0.497 e. The van der Waals surface area contributed by atoms with Crippen LogP contribution >= 0.6 is 0 Å². The maximum atomic E-state index is 12.4. The Morgan fingerprint density at radius 2 is 1.73 bits per heavy atom. The van der Waals surface area contributed by atoms with Crippen LogP contribution in [0.2, 0.25) is 0 Å². The Balaban J connectivity index is 1.90. The molecule has 0 radical (unpaired) electrons. The van der Waals surface area contributed by atoms with Gasteiger partial charge < -0.3 is 9.64 Å². The van der Waals surface area contributed by atoms with E-state index in [-0.39, 0.29) is 11.9 Å². The van der Waals surface area contributed by atoms with Crippen molar-refractivity contribution in [2.45, 2.75) is 25.8 Å². The molecular weight excluding hydrogens is 274 g/mol. The van der Waals surface area contributed by atoms with Gasteiger partial charge in [-0.15, -0.1) is 0 Å². The lowest BCUT2D eigenvalue weighted by atomic mass is 10.1. The molecule has 0 bridgehead atoms. The SMILES string of the molecule is COc1ccc(CCC(=O)N(C)C(C)c2ccccc2)cc1. The second-order valence-electron chi connectivity index (χ2n) is 5.44. The molecule has 1 amide bonds. The van der Waals surface area contributed by atoms with Crippen LogP contribution < -0.4 is 4.74 Å². The van der Waals surface area contributed by atoms with Crippen LogP contribution in [-0.2, 0) is 11.2 Å². The van der Waals surface area contributed by atoms with Crippen molar-refractivity contribution in [3.63, 3.8) is 0 Å². The molecule has 2 aromatic carbocycles. The predicted octanol–water partition coefficient (Wildman–Crippen LogP) is 3.85. The van der Waals surface area contributed by atoms with Crippen molar-refractivity contribution in [2.24, 2.45) is 0 Å². The van der Waals surface area contributed by atoms with E-state index in [1.54, 1.807) is 7.11 Å². The number of hydrogen-bond acceptors (Lipinski definition) is 2. The van der Waals surface area contributed by atoms with Crippen LogP contribution in [0.3, 0.4) is 0 Å². The molecule has 116 valence electrons. The van der Waals surface area contributed by atoms with Gasteiger partial charge in [0.2, 0.25) is 5.91 Å². The lowest BCUT2D eigenvalue weighted by molar-refractivity contribution is -0.131. The Morgan fingerprint density at radius 3 is 2.32 bits per heavy atom. The van der Waals surface area contributed by atoms with E-state index in [2.05, 4.69) is 19.1 Å². The number of nitrogens with zero attached hydrogens (tertiary/aromatic N) is 1. The topological polar surface area (TPSA) is 29.5 Å². The van der Waals surface area contributed by atoms with Gasteiger partial charge in [-0.25, -0.2) is 0 Å². The molecule has 0 saturated heterocycles. The molecule has 0 heterocycles. The highest BCUT2D eigenvalue weighted by Gasteiger charge is 2.16. The van der Waals surface area contributed by atoms with E-state index in [1.807, 2.05) is 54.4 Å². The zero-order chi connectivity index (χ0) is 15.9. The van der Waals surface area contributed by atoms with Crippen LogP contribution in [0.4, 0.5) is 0 Å². The summed E-state index contributed by atoms with van der Waals surface area (Å²) in [6.07, 6.45) is 1.26. The summed E-state index contributed by atoms with van der Waals surface area (Å²) < 4.78 is 5.14. The predicted molar refractivity (Wildman–Crippen MR) is 88.9 cm³/mol. The van der Waals surface area contributed by atoms with Gasteiger partial charge in [-0.2, -0.15) is 0 Å². The molecule has 3 nitrogen and oxygen atoms in total. The van der Waals surface area contributed by atoms with Crippen molar-refractivity contribution in [1.82, 2.24) is 4.90 Å². The number of aryl methyl sites for hydroxylation is 1. The van der Waals surface area contributed by atoms with E-state index < -0.39 is 0 Å². The Morgan fingerprint density at radius 1 is 1.09 bits per heavy atom. The summed E-state index contributed by atoms with van der Waals surface area (Å²) in [4.78, 5) is 14.2. The monoisotopic (exact) mass is 297 g/mol. The van der Waals surface area contributed by atoms with E-state index in [0.29, 0.717) is 6.42 Å². The van der Waals surface area contributed by atoms with E-state index in [1.165, 1.54) is 0 Å². The number of hydrogen-bond donors (Lipinski definition) is 0. The van der Waals surface area contributed by atoms with Gasteiger partial charge in [-0.1, -0.05) is 42.5 Å². The molecule has 0 aliphatic carbocycles. The summed E-state index contributed by atoms with van der Waals surface area (Å²) >= 11 is 0. The van der Waals surface area contributed by atoms with Crippen molar-refractivity contribution in [2.75, 3.05) is 14.2 Å². The lowest BCUT2D eigenvalue weighted by Crippen LogP contribution is -2.29. The van der Waals surface area contributed by atoms with E-state index in [9.17, 15) is 4.79 Å². The highest BCUT2D eigenvalue weighted by molar-refractivity contribution is 5.76. The summed E-state index contributed by atoms with van der Waals surface area (Å²) in [7, 11) is 3.52. The van der Waals surface area contributed by atoms with E-state index in [4.69, 9.17) is 4.74 Å². The minimum Gasteiger partial charge on any atom is -0.497 e. The first kappa shape index (κ1) is 16.1. The van der Waals surface area contributed by atoms with Crippen LogP contribution in [0.1, 0.15) is 30.5 Å². The summed E-state index contributed by atoms with van der Waals surface area (Å²) in [6.45, 7) is 2.06. The average molecular weight is 297 g/mol. The van der Waals surface area contributed by atoms with Gasteiger partial charge in [0.15, 0.2) is 0 Å². The van der Waals surface area contributed by atoms with Gasteiger partial charge in [0.1, 0.15) is 5.75 Å². The number of carbonyl (C=O) groups is 1. The minimum atomic E-state index is 0.0876. The quantitative estimate of drug-likeness (QED) is 0.810. The van der Waals surface area contributed by atoms with Gasteiger partial charge in [0, 0.05) is 13.5 Å². The molecule has 2 rings (SSSR count). The van der Waals surface area contributed by atoms with Crippen LogP contribution in [0, 0.1) is 0 Å². The van der Waals surface area contributed by atoms with Crippen molar-refractivity contribution in [3.8, 4) is 5.75 Å². The first-order valence-corrected chi connectivity index (χ1v) is 7.55. The molecule has 0 saturated carbocycles. The van der Waals surface area contributed by atoms with Crippen molar-refractivity contribution >= 4 is 5.91 Å². The van der Waals surface area contributed by atoms with Crippen LogP contribution in [0.15, 0.2) is 54.6 Å². The second-order valence-corrected chi connectivity index (χ2v) is 5.44. The number of rotatable bonds is 6. The number of benzene rings is 2. The first-order chi connectivity index (χ1) is 10.6. The zero-order valence-corrected chi connectivity index (χ0v) is 13.5. The Kier molecular flexibility index (Phi) is 5.59. The molecule has 2 aromatic rings. The third-order valence-electron chi connectivity index (χ3n) is 4.04. The van der Waals surface area contributed by atoms with Crippen molar-refractivity contribution in [3.05, 3.63) is 65.7 Å². The molecule has 1 unspecified atom stereocenters. The number of ether oxygens (including phenoxy) is 1. The first-order valence-electron chi connectivity index (χ1n) is 7.55. The Labute approximate surface area is 132 Å². The molecular formula is C19H23NO2. The fraction of sp³-hybridized carbons (Fsp3) is 0.316. The van der Waals surface area contributed by atoms with Crippen LogP contribution in [0.5, 0.6) is 5.75 Å². The third kappa shape index (κ3) is 4.10. The van der Waals surface area contributed by atoms with Gasteiger partial charge in [0.25, 0.3) is 0 Å². The third-order valence-corrected chi connectivity index (χ3v) is 4.04. The molecule has 1 atom stereocenters. The van der Waals surface area contributed by atoms with E-state index >= 15 is 0 Å². The minimum absolute atomic E-state index is 0.0876. The highest BCUT2D eigenvalue weighted by atomic mass is 16.5. The fourth-order valence-corrected chi connectivity index (χ4v) is 2.39. The summed E-state index contributed by atoms with van der Waals surface area (Å²) in [6, 6.07) is 18.1.